The quantitative estimate of drug-likeness (QED) is 0.150. The van der Waals surface area contributed by atoms with E-state index in [4.69, 9.17) is 23.7 Å². The van der Waals surface area contributed by atoms with E-state index in [1.165, 1.54) is 0 Å². The van der Waals surface area contributed by atoms with Gasteiger partial charge >= 0.3 is 5.97 Å². The SMILES string of the molecule is C[C@H]1O[C@@H](O[C@H]2CC[C@]3(C)C4CC[C@]5(C)[C@@H](C6=CC(=O)OC6)CC[C@]5(O)C4=CC[C@]3(O)C2)C[C@H](O)[C@@H]1O[C@@H]1O[C@H](CO)[C@@H](O)[C@H](O)[C@H]1O. The van der Waals surface area contributed by atoms with Gasteiger partial charge in [0.25, 0.3) is 0 Å². The summed E-state index contributed by atoms with van der Waals surface area (Å²) in [6, 6.07) is 0. The van der Waals surface area contributed by atoms with E-state index >= 15 is 0 Å². The molecule has 270 valence electrons. The van der Waals surface area contributed by atoms with Gasteiger partial charge < -0.3 is 59.4 Å². The Kier molecular flexibility index (Phi) is 8.97. The molecule has 3 aliphatic heterocycles. The Bertz CT molecular complexity index is 1310. The van der Waals surface area contributed by atoms with E-state index in [0.717, 1.165) is 30.4 Å². The molecule has 7 rings (SSSR count). The van der Waals surface area contributed by atoms with E-state index in [0.29, 0.717) is 38.7 Å². The summed E-state index contributed by atoms with van der Waals surface area (Å²) in [5.41, 5.74) is -0.946. The number of fused-ring (bicyclic) bond motifs is 5. The zero-order valence-corrected chi connectivity index (χ0v) is 27.9. The number of carbonyl (C=O) groups excluding carboxylic acids is 1. The minimum Gasteiger partial charge on any atom is -0.458 e. The molecule has 3 saturated carbocycles. The van der Waals surface area contributed by atoms with Crippen molar-refractivity contribution in [2.24, 2.45) is 22.7 Å². The monoisotopic (exact) mass is 680 g/mol. The summed E-state index contributed by atoms with van der Waals surface area (Å²) in [5.74, 6) is -0.225. The van der Waals surface area contributed by atoms with Crippen LogP contribution in [0.5, 0.6) is 0 Å². The van der Waals surface area contributed by atoms with Gasteiger partial charge in [-0.2, -0.15) is 0 Å². The third-order valence-corrected chi connectivity index (χ3v) is 13.6. The van der Waals surface area contributed by atoms with Crippen LogP contribution in [0.25, 0.3) is 0 Å². The fourth-order valence-electron chi connectivity index (χ4n) is 10.6. The highest BCUT2D eigenvalue weighted by Gasteiger charge is 2.68. The zero-order chi connectivity index (χ0) is 34.4. The van der Waals surface area contributed by atoms with Crippen molar-refractivity contribution in [3.05, 3.63) is 23.3 Å². The summed E-state index contributed by atoms with van der Waals surface area (Å²) in [5, 5.41) is 75.8. The second-order valence-corrected chi connectivity index (χ2v) is 16.0. The van der Waals surface area contributed by atoms with E-state index < -0.39 is 83.9 Å². The Morgan fingerprint density at radius 2 is 1.65 bits per heavy atom. The van der Waals surface area contributed by atoms with Crippen LogP contribution in [0.4, 0.5) is 0 Å². The summed E-state index contributed by atoms with van der Waals surface area (Å²) < 4.78 is 29.0. The number of rotatable bonds is 6. The maximum atomic E-state index is 12.4. The smallest absolute Gasteiger partial charge is 0.331 e. The van der Waals surface area contributed by atoms with Crippen LogP contribution < -0.4 is 0 Å². The van der Waals surface area contributed by atoms with Crippen molar-refractivity contribution in [1.29, 1.82) is 0 Å². The Morgan fingerprint density at radius 3 is 2.33 bits per heavy atom. The van der Waals surface area contributed by atoms with E-state index in [-0.39, 0.29) is 30.3 Å². The molecule has 16 atom stereocenters. The van der Waals surface area contributed by atoms with E-state index in [1.807, 2.05) is 0 Å². The molecular formula is C35H52O13. The van der Waals surface area contributed by atoms with Crippen molar-refractivity contribution in [3.8, 4) is 0 Å². The highest BCUT2D eigenvalue weighted by Crippen LogP contribution is 2.69. The zero-order valence-electron chi connectivity index (χ0n) is 27.9. The number of hydrogen-bond acceptors (Lipinski definition) is 13. The number of ether oxygens (including phenoxy) is 5. The molecule has 13 nitrogen and oxygen atoms in total. The minimum absolute atomic E-state index is 0.0116. The predicted octanol–water partition coefficient (Wildman–Crippen LogP) is 0.345. The first-order chi connectivity index (χ1) is 22.6. The number of aliphatic hydroxyl groups excluding tert-OH is 5. The molecule has 0 bridgehead atoms. The van der Waals surface area contributed by atoms with Crippen LogP contribution in [0.1, 0.15) is 78.6 Å². The lowest BCUT2D eigenvalue weighted by Crippen LogP contribution is -2.63. The van der Waals surface area contributed by atoms with E-state index in [9.17, 15) is 40.5 Å². The van der Waals surface area contributed by atoms with Crippen LogP contribution in [0, 0.1) is 22.7 Å². The standard InChI is InChI=1S/C35H52O13/c1-17-30(48-31-29(41)28(40)27(39)24(15-36)47-31)23(37)13-26(45-17)46-19-4-8-32(2)21-5-9-33(3)20(18-12-25(38)44-16-18)7-11-35(33,43)22(21)6-10-34(32,42)14-19/h6,12,17,19-21,23-24,26-31,36-37,39-43H,4-5,7-11,13-16H2,1-3H3/t17-,19+,20-,21?,23+,24-,26+,27-,28+,29-,30-,31+,32-,33-,34+,35+/m1/s1. The molecule has 0 radical (unpaired) electrons. The molecule has 0 aromatic heterocycles. The molecule has 48 heavy (non-hydrogen) atoms. The topological polar surface area (TPSA) is 205 Å². The van der Waals surface area contributed by atoms with Crippen LogP contribution in [0.3, 0.4) is 0 Å². The largest absolute Gasteiger partial charge is 0.458 e. The molecular weight excluding hydrogens is 628 g/mol. The van der Waals surface area contributed by atoms with Gasteiger partial charge in [0.2, 0.25) is 0 Å². The third-order valence-electron chi connectivity index (χ3n) is 13.6. The second-order valence-electron chi connectivity index (χ2n) is 16.0. The van der Waals surface area contributed by atoms with Crippen LogP contribution in [-0.4, -0.2) is 128 Å². The minimum atomic E-state index is -1.60. The fraction of sp³-hybridized carbons (Fsp3) is 0.857. The van der Waals surface area contributed by atoms with Crippen LogP contribution in [0.2, 0.25) is 0 Å². The molecule has 0 aromatic rings. The summed E-state index contributed by atoms with van der Waals surface area (Å²) in [6.07, 6.45) is -2.18. The first-order valence-electron chi connectivity index (χ1n) is 17.6. The van der Waals surface area contributed by atoms with Gasteiger partial charge in [0.15, 0.2) is 12.6 Å². The van der Waals surface area contributed by atoms with Crippen molar-refractivity contribution < 1.29 is 64.2 Å². The van der Waals surface area contributed by atoms with Gasteiger partial charge in [-0.15, -0.1) is 0 Å². The highest BCUT2D eigenvalue weighted by atomic mass is 16.7. The first kappa shape index (κ1) is 34.9. The lowest BCUT2D eigenvalue weighted by Gasteiger charge is -2.63. The Labute approximate surface area is 280 Å². The van der Waals surface area contributed by atoms with Crippen LogP contribution in [-0.2, 0) is 28.5 Å². The molecule has 4 aliphatic carbocycles. The Hall–Kier alpha value is -1.49. The Balaban J connectivity index is 1.00. The average Bonchev–Trinajstić information content (AvgIpc) is 3.58. The first-order valence-corrected chi connectivity index (χ1v) is 17.6. The van der Waals surface area contributed by atoms with Crippen LogP contribution >= 0.6 is 0 Å². The maximum Gasteiger partial charge on any atom is 0.331 e. The Morgan fingerprint density at radius 1 is 0.917 bits per heavy atom. The normalized spacial score (nSPS) is 53.7. The van der Waals surface area contributed by atoms with Gasteiger partial charge in [-0.05, 0) is 74.9 Å². The lowest BCUT2D eigenvalue weighted by molar-refractivity contribution is -0.345. The number of esters is 1. The van der Waals surface area contributed by atoms with Gasteiger partial charge in [0.05, 0.1) is 36.1 Å². The van der Waals surface area contributed by atoms with Gasteiger partial charge in [-0.1, -0.05) is 19.9 Å². The molecule has 2 saturated heterocycles. The lowest BCUT2D eigenvalue weighted by atomic mass is 9.45. The number of cyclic esters (lactones) is 1. The number of hydrogen-bond donors (Lipinski definition) is 7. The summed E-state index contributed by atoms with van der Waals surface area (Å²) in [7, 11) is 0. The highest BCUT2D eigenvalue weighted by molar-refractivity contribution is 5.85. The van der Waals surface area contributed by atoms with Gasteiger partial charge in [0, 0.05) is 29.7 Å². The molecule has 13 heteroatoms. The molecule has 7 N–H and O–H groups in total. The van der Waals surface area contributed by atoms with Gasteiger partial charge in [-0.3, -0.25) is 0 Å². The van der Waals surface area contributed by atoms with Gasteiger partial charge in [0.1, 0.15) is 37.1 Å². The molecule has 5 fully saturated rings. The molecule has 3 heterocycles. The third kappa shape index (κ3) is 5.26. The summed E-state index contributed by atoms with van der Waals surface area (Å²) in [4.78, 5) is 11.9. The van der Waals surface area contributed by atoms with Gasteiger partial charge in [-0.25, -0.2) is 4.79 Å². The average molecular weight is 681 g/mol. The van der Waals surface area contributed by atoms with Crippen molar-refractivity contribution in [1.82, 2.24) is 0 Å². The fourth-order valence-corrected chi connectivity index (χ4v) is 10.6. The molecule has 0 aromatic carbocycles. The van der Waals surface area contributed by atoms with Crippen LogP contribution in [0.15, 0.2) is 23.3 Å². The van der Waals surface area contributed by atoms with Crippen molar-refractivity contribution >= 4 is 5.97 Å². The molecule has 0 amide bonds. The van der Waals surface area contributed by atoms with Crippen molar-refractivity contribution in [3.63, 3.8) is 0 Å². The van der Waals surface area contributed by atoms with Crippen molar-refractivity contribution in [2.75, 3.05) is 13.2 Å². The van der Waals surface area contributed by atoms with E-state index in [1.54, 1.807) is 13.0 Å². The molecule has 0 spiro atoms. The van der Waals surface area contributed by atoms with E-state index in [2.05, 4.69) is 19.9 Å². The second kappa shape index (κ2) is 12.3. The predicted molar refractivity (Wildman–Crippen MR) is 166 cm³/mol. The summed E-state index contributed by atoms with van der Waals surface area (Å²) in [6.45, 7) is 5.69. The molecule has 7 aliphatic rings. The maximum absolute atomic E-state index is 12.4. The number of aliphatic hydroxyl groups is 7. The summed E-state index contributed by atoms with van der Waals surface area (Å²) >= 11 is 0. The van der Waals surface area contributed by atoms with Crippen molar-refractivity contribution in [2.45, 2.75) is 151 Å². The number of carbonyl (C=O) groups is 1. The molecule has 1 unspecified atom stereocenters.